The summed E-state index contributed by atoms with van der Waals surface area (Å²) in [6.07, 6.45) is -1.32. The van der Waals surface area contributed by atoms with E-state index in [4.69, 9.17) is 0 Å². The van der Waals surface area contributed by atoms with Gasteiger partial charge in [0.1, 0.15) is 0 Å². The van der Waals surface area contributed by atoms with Gasteiger partial charge in [-0.1, -0.05) is 6.92 Å². The second kappa shape index (κ2) is 2.68. The molecule has 0 aromatic heterocycles. The highest BCUT2D eigenvalue weighted by atomic mass is 19.2. The Morgan fingerprint density at radius 2 is 1.82 bits per heavy atom. The summed E-state index contributed by atoms with van der Waals surface area (Å²) in [5.74, 6) is -5.61. The van der Waals surface area contributed by atoms with Gasteiger partial charge in [-0.15, -0.1) is 0 Å². The van der Waals surface area contributed by atoms with Crippen molar-refractivity contribution in [1.82, 2.24) is 0 Å². The molecule has 1 rings (SSSR count). The molecule has 0 radical (unpaired) electrons. The average molecular weight is 166 g/mol. The van der Waals surface area contributed by atoms with Gasteiger partial charge in [0, 0.05) is 5.92 Å². The van der Waals surface area contributed by atoms with Crippen LogP contribution < -0.4 is 0 Å². The molecular weight excluding hydrogens is 160 g/mol. The fourth-order valence-corrected chi connectivity index (χ4v) is 0.854. The Hall–Kier alpha value is -0.800. The summed E-state index contributed by atoms with van der Waals surface area (Å²) in [4.78, 5) is 0. The molecule has 1 aliphatic rings. The highest BCUT2D eigenvalue weighted by molar-refractivity contribution is 5.29. The zero-order valence-electron chi connectivity index (χ0n) is 5.74. The SMILES string of the molecule is CC1C=C(F)C(F)=C(F)C1F. The van der Waals surface area contributed by atoms with Crippen LogP contribution in [0.3, 0.4) is 0 Å². The molecule has 0 saturated carbocycles. The van der Waals surface area contributed by atoms with Crippen molar-refractivity contribution < 1.29 is 17.6 Å². The maximum absolute atomic E-state index is 12.5. The first-order chi connectivity index (χ1) is 5.04. The van der Waals surface area contributed by atoms with Crippen LogP contribution in [0.15, 0.2) is 23.6 Å². The predicted molar refractivity (Wildman–Crippen MR) is 32.5 cm³/mol. The van der Waals surface area contributed by atoms with Crippen molar-refractivity contribution in [3.05, 3.63) is 23.6 Å². The molecule has 0 aromatic rings. The monoisotopic (exact) mass is 166 g/mol. The van der Waals surface area contributed by atoms with Crippen LogP contribution in [0.25, 0.3) is 0 Å². The number of rotatable bonds is 0. The molecule has 0 heterocycles. The minimum atomic E-state index is -2.05. The molecule has 4 heteroatoms. The number of hydrogen-bond acceptors (Lipinski definition) is 0. The van der Waals surface area contributed by atoms with Crippen LogP contribution in [0.1, 0.15) is 6.92 Å². The van der Waals surface area contributed by atoms with Crippen molar-refractivity contribution in [2.45, 2.75) is 13.1 Å². The first-order valence-corrected chi connectivity index (χ1v) is 3.11. The largest absolute Gasteiger partial charge is 0.239 e. The third-order valence-electron chi connectivity index (χ3n) is 1.53. The highest BCUT2D eigenvalue weighted by Crippen LogP contribution is 2.33. The van der Waals surface area contributed by atoms with E-state index in [0.717, 1.165) is 6.08 Å². The molecule has 0 nitrogen and oxygen atoms in total. The quantitative estimate of drug-likeness (QED) is 0.485. The van der Waals surface area contributed by atoms with Crippen LogP contribution in [-0.2, 0) is 0 Å². The third kappa shape index (κ3) is 1.29. The second-order valence-corrected chi connectivity index (χ2v) is 2.44. The zero-order valence-corrected chi connectivity index (χ0v) is 5.74. The molecule has 2 unspecified atom stereocenters. The molecule has 2 atom stereocenters. The fourth-order valence-electron chi connectivity index (χ4n) is 0.854. The third-order valence-corrected chi connectivity index (χ3v) is 1.53. The Bertz CT molecular complexity index is 229. The maximum Gasteiger partial charge on any atom is 0.192 e. The van der Waals surface area contributed by atoms with Gasteiger partial charge in [0.05, 0.1) is 0 Å². The zero-order chi connectivity index (χ0) is 8.59. The molecule has 0 fully saturated rings. The maximum atomic E-state index is 12.5. The summed E-state index contributed by atoms with van der Waals surface area (Å²) in [7, 11) is 0. The molecule has 1 aliphatic carbocycles. The van der Waals surface area contributed by atoms with E-state index in [0.29, 0.717) is 0 Å². The van der Waals surface area contributed by atoms with Gasteiger partial charge in [0.25, 0.3) is 0 Å². The van der Waals surface area contributed by atoms with E-state index in [1.807, 2.05) is 0 Å². The van der Waals surface area contributed by atoms with E-state index < -0.39 is 29.6 Å². The lowest BCUT2D eigenvalue weighted by Gasteiger charge is -2.15. The highest BCUT2D eigenvalue weighted by Gasteiger charge is 2.30. The van der Waals surface area contributed by atoms with Gasteiger partial charge < -0.3 is 0 Å². The van der Waals surface area contributed by atoms with Crippen molar-refractivity contribution in [1.29, 1.82) is 0 Å². The molecule has 0 amide bonds. The Morgan fingerprint density at radius 3 is 2.36 bits per heavy atom. The van der Waals surface area contributed by atoms with Gasteiger partial charge in [0.2, 0.25) is 0 Å². The lowest BCUT2D eigenvalue weighted by atomic mass is 9.99. The molecule has 11 heavy (non-hydrogen) atoms. The van der Waals surface area contributed by atoms with Crippen molar-refractivity contribution in [3.8, 4) is 0 Å². The van der Waals surface area contributed by atoms with Gasteiger partial charge in [-0.3, -0.25) is 0 Å². The van der Waals surface area contributed by atoms with E-state index in [-0.39, 0.29) is 0 Å². The summed E-state index contributed by atoms with van der Waals surface area (Å²) in [6.45, 7) is 1.27. The first-order valence-electron chi connectivity index (χ1n) is 3.11. The first kappa shape index (κ1) is 8.30. The Morgan fingerprint density at radius 1 is 1.27 bits per heavy atom. The van der Waals surface area contributed by atoms with E-state index in [9.17, 15) is 17.6 Å². The van der Waals surface area contributed by atoms with Crippen LogP contribution in [0.2, 0.25) is 0 Å². The van der Waals surface area contributed by atoms with E-state index in [1.54, 1.807) is 0 Å². The molecule has 0 bridgehead atoms. The average Bonchev–Trinajstić information content (AvgIpc) is 1.97. The number of halogens is 4. The molecule has 0 spiro atoms. The van der Waals surface area contributed by atoms with Crippen molar-refractivity contribution in [2.24, 2.45) is 5.92 Å². The summed E-state index contributed by atoms with van der Waals surface area (Å²) in [6, 6.07) is 0. The molecule has 0 aliphatic heterocycles. The van der Waals surface area contributed by atoms with E-state index >= 15 is 0 Å². The van der Waals surface area contributed by atoms with Crippen LogP contribution in [0.5, 0.6) is 0 Å². The van der Waals surface area contributed by atoms with Gasteiger partial charge >= 0.3 is 0 Å². The molecular formula is C7H6F4. The fraction of sp³-hybridized carbons (Fsp3) is 0.429. The van der Waals surface area contributed by atoms with Crippen molar-refractivity contribution in [3.63, 3.8) is 0 Å². The van der Waals surface area contributed by atoms with Gasteiger partial charge in [-0.2, -0.15) is 0 Å². The summed E-state index contributed by atoms with van der Waals surface area (Å²) in [5, 5.41) is 0. The number of hydrogen-bond donors (Lipinski definition) is 0. The van der Waals surface area contributed by atoms with Crippen molar-refractivity contribution >= 4 is 0 Å². The van der Waals surface area contributed by atoms with Gasteiger partial charge in [-0.25, -0.2) is 17.6 Å². The van der Waals surface area contributed by atoms with Crippen LogP contribution in [0, 0.1) is 5.92 Å². The standard InChI is InChI=1S/C7H6F4/c1-3-2-4(8)6(10)7(11)5(3)9/h2-3,5H,1H3. The Labute approximate surface area is 61.2 Å². The topological polar surface area (TPSA) is 0 Å². The summed E-state index contributed by atoms with van der Waals surface area (Å²) in [5.41, 5.74) is 0. The van der Waals surface area contributed by atoms with Gasteiger partial charge in [0.15, 0.2) is 23.7 Å². The smallest absolute Gasteiger partial charge is 0.192 e. The van der Waals surface area contributed by atoms with Gasteiger partial charge in [-0.05, 0) is 6.08 Å². The van der Waals surface area contributed by atoms with Crippen LogP contribution in [0.4, 0.5) is 17.6 Å². The summed E-state index contributed by atoms with van der Waals surface area (Å²) < 4.78 is 49.3. The lowest BCUT2D eigenvalue weighted by molar-refractivity contribution is 0.251. The lowest BCUT2D eigenvalue weighted by Crippen LogP contribution is -2.16. The molecule has 0 aromatic carbocycles. The minimum absolute atomic E-state index is 0.725. The van der Waals surface area contributed by atoms with Crippen LogP contribution >= 0.6 is 0 Å². The Balaban J connectivity index is 3.02. The second-order valence-electron chi connectivity index (χ2n) is 2.44. The van der Waals surface area contributed by atoms with Crippen molar-refractivity contribution in [2.75, 3.05) is 0 Å². The predicted octanol–water partition coefficient (Wildman–Crippen LogP) is 2.98. The van der Waals surface area contributed by atoms with E-state index in [1.165, 1.54) is 6.92 Å². The van der Waals surface area contributed by atoms with E-state index in [2.05, 4.69) is 0 Å². The molecule has 62 valence electrons. The van der Waals surface area contributed by atoms with Crippen LogP contribution in [-0.4, -0.2) is 6.17 Å². The molecule has 0 saturated heterocycles. The summed E-state index contributed by atoms with van der Waals surface area (Å²) >= 11 is 0. The minimum Gasteiger partial charge on any atom is -0.239 e. The molecule has 0 N–H and O–H groups in total. The Kier molecular flexibility index (Phi) is 2.02. The normalized spacial score (nSPS) is 32.3. The number of allylic oxidation sites excluding steroid dienone is 4. The number of alkyl halides is 1.